The van der Waals surface area contributed by atoms with E-state index in [1.807, 2.05) is 19.2 Å². The Kier molecular flexibility index (Phi) is 7.84. The second-order valence-corrected chi connectivity index (χ2v) is 6.64. The number of pyridine rings is 1. The van der Waals surface area contributed by atoms with Crippen molar-refractivity contribution in [1.29, 1.82) is 0 Å². The van der Waals surface area contributed by atoms with Crippen molar-refractivity contribution in [3.8, 4) is 22.6 Å². The maximum Gasteiger partial charge on any atom is 0.226 e. The molecule has 0 atom stereocenters. The summed E-state index contributed by atoms with van der Waals surface area (Å²) in [6, 6.07) is 12.3. The van der Waals surface area contributed by atoms with E-state index in [4.69, 9.17) is 9.40 Å². The molecule has 0 bridgehead atoms. The molecule has 0 aliphatic carbocycles. The molecule has 144 valence electrons. The van der Waals surface area contributed by atoms with E-state index in [0.717, 1.165) is 41.1 Å². The molecular weight excluding hydrogens is 381 g/mol. The molecule has 0 radical (unpaired) electrons. The average molecular weight is 406 g/mol. The van der Waals surface area contributed by atoms with Gasteiger partial charge in [0.05, 0.1) is 5.69 Å². The van der Waals surface area contributed by atoms with Gasteiger partial charge in [-0.2, -0.15) is 0 Å². The molecule has 3 aromatic rings. The van der Waals surface area contributed by atoms with E-state index in [2.05, 4.69) is 40.2 Å². The average Bonchev–Trinajstić information content (AvgIpc) is 3.30. The molecule has 1 saturated heterocycles. The number of aryl methyl sites for hydroxylation is 1. The van der Waals surface area contributed by atoms with Gasteiger partial charge in [0.1, 0.15) is 5.76 Å². The largest absolute Gasteiger partial charge is 0.441 e. The quantitative estimate of drug-likeness (QED) is 0.585. The summed E-state index contributed by atoms with van der Waals surface area (Å²) in [6.45, 7) is 5.53. The smallest absolute Gasteiger partial charge is 0.226 e. The maximum atomic E-state index is 5.92. The molecule has 0 unspecified atom stereocenters. The van der Waals surface area contributed by atoms with Crippen molar-refractivity contribution < 1.29 is 4.42 Å². The van der Waals surface area contributed by atoms with Crippen LogP contribution < -0.4 is 0 Å². The van der Waals surface area contributed by atoms with E-state index < -0.39 is 0 Å². The van der Waals surface area contributed by atoms with Gasteiger partial charge in [0.2, 0.25) is 5.89 Å². The van der Waals surface area contributed by atoms with Gasteiger partial charge in [-0.3, -0.25) is 4.98 Å². The lowest BCUT2D eigenvalue weighted by Crippen LogP contribution is -2.22. The summed E-state index contributed by atoms with van der Waals surface area (Å²) in [5.41, 5.74) is 4.36. The Morgan fingerprint density at radius 3 is 2.33 bits per heavy atom. The Bertz CT molecular complexity index is 828. The van der Waals surface area contributed by atoms with Crippen LogP contribution in [0, 0.1) is 6.92 Å². The monoisotopic (exact) mass is 405 g/mol. The van der Waals surface area contributed by atoms with Crippen molar-refractivity contribution in [3.63, 3.8) is 0 Å². The highest BCUT2D eigenvalue weighted by Crippen LogP contribution is 2.26. The molecule has 1 aliphatic rings. The second kappa shape index (κ2) is 9.88. The van der Waals surface area contributed by atoms with E-state index in [1.165, 1.54) is 25.9 Å². The predicted molar refractivity (Wildman–Crippen MR) is 114 cm³/mol. The molecule has 0 spiro atoms. The van der Waals surface area contributed by atoms with Crippen LogP contribution in [0.5, 0.6) is 0 Å². The van der Waals surface area contributed by atoms with Crippen LogP contribution in [-0.4, -0.2) is 34.5 Å². The van der Waals surface area contributed by atoms with Crippen molar-refractivity contribution >= 4 is 24.8 Å². The molecule has 0 saturated carbocycles. The number of likely N-dealkylation sites (tertiary alicyclic amines) is 1. The zero-order valence-corrected chi connectivity index (χ0v) is 17.1. The van der Waals surface area contributed by atoms with Gasteiger partial charge < -0.3 is 9.32 Å². The first-order chi connectivity index (χ1) is 12.3. The molecule has 0 N–H and O–H groups in total. The first kappa shape index (κ1) is 21.4. The standard InChI is InChI=1S/C21H23N3O.2ClH/c1-16-20(10-14-24-12-2-3-13-24)23-21(25-16)18-8-6-17(7-9-18)19-5-4-11-22-15-19;;/h4-9,11,15H,2-3,10,12-14H2,1H3;2*1H. The number of rotatable bonds is 5. The van der Waals surface area contributed by atoms with Gasteiger partial charge >= 0.3 is 0 Å². The molecule has 2 aromatic heterocycles. The summed E-state index contributed by atoms with van der Waals surface area (Å²) in [7, 11) is 0. The number of hydrogen-bond donors (Lipinski definition) is 0. The van der Waals surface area contributed by atoms with Gasteiger partial charge in [-0.25, -0.2) is 4.98 Å². The van der Waals surface area contributed by atoms with Crippen molar-refractivity contribution in [1.82, 2.24) is 14.9 Å². The third-order valence-corrected chi connectivity index (χ3v) is 4.88. The first-order valence-electron chi connectivity index (χ1n) is 8.99. The number of benzene rings is 1. The summed E-state index contributed by atoms with van der Waals surface area (Å²) in [4.78, 5) is 11.4. The zero-order chi connectivity index (χ0) is 17.1. The molecule has 4 rings (SSSR count). The van der Waals surface area contributed by atoms with Crippen LogP contribution in [0.3, 0.4) is 0 Å². The minimum absolute atomic E-state index is 0. The fourth-order valence-electron chi connectivity index (χ4n) is 3.39. The fourth-order valence-corrected chi connectivity index (χ4v) is 3.39. The van der Waals surface area contributed by atoms with Crippen LogP contribution in [-0.2, 0) is 6.42 Å². The number of oxazole rings is 1. The first-order valence-corrected chi connectivity index (χ1v) is 8.99. The molecule has 1 fully saturated rings. The van der Waals surface area contributed by atoms with Crippen LogP contribution in [0.25, 0.3) is 22.6 Å². The van der Waals surface area contributed by atoms with Crippen molar-refractivity contribution in [2.24, 2.45) is 0 Å². The summed E-state index contributed by atoms with van der Waals surface area (Å²) in [5, 5.41) is 0. The molecule has 1 aliphatic heterocycles. The lowest BCUT2D eigenvalue weighted by Gasteiger charge is -2.12. The van der Waals surface area contributed by atoms with Crippen molar-refractivity contribution in [2.45, 2.75) is 26.2 Å². The topological polar surface area (TPSA) is 42.2 Å². The Morgan fingerprint density at radius 2 is 1.67 bits per heavy atom. The van der Waals surface area contributed by atoms with Gasteiger partial charge in [0.25, 0.3) is 0 Å². The third kappa shape index (κ3) is 5.10. The predicted octanol–water partition coefficient (Wildman–Crippen LogP) is 5.19. The van der Waals surface area contributed by atoms with Gasteiger partial charge in [-0.05, 0) is 62.2 Å². The molecule has 4 nitrogen and oxygen atoms in total. The molecule has 0 amide bonds. The third-order valence-electron chi connectivity index (χ3n) is 4.88. The number of aromatic nitrogens is 2. The Labute approximate surface area is 172 Å². The van der Waals surface area contributed by atoms with Crippen molar-refractivity contribution in [2.75, 3.05) is 19.6 Å². The van der Waals surface area contributed by atoms with Crippen LogP contribution in [0.1, 0.15) is 24.3 Å². The van der Waals surface area contributed by atoms with Crippen molar-refractivity contribution in [3.05, 3.63) is 60.2 Å². The zero-order valence-electron chi connectivity index (χ0n) is 15.4. The van der Waals surface area contributed by atoms with Gasteiger partial charge in [-0.1, -0.05) is 18.2 Å². The minimum atomic E-state index is 0. The molecule has 3 heterocycles. The number of hydrogen-bond acceptors (Lipinski definition) is 4. The SMILES string of the molecule is Cc1oc(-c2ccc(-c3cccnc3)cc2)nc1CCN1CCCC1.Cl.Cl. The van der Waals surface area contributed by atoms with Crippen LogP contribution >= 0.6 is 24.8 Å². The Hall–Kier alpha value is -1.88. The number of halogens is 2. The van der Waals surface area contributed by atoms with Gasteiger partial charge in [-0.15, -0.1) is 24.8 Å². The normalized spacial score (nSPS) is 13.8. The lowest BCUT2D eigenvalue weighted by molar-refractivity contribution is 0.341. The summed E-state index contributed by atoms with van der Waals surface area (Å²) in [5.74, 6) is 1.65. The van der Waals surface area contributed by atoms with E-state index >= 15 is 0 Å². The van der Waals surface area contributed by atoms with E-state index in [-0.39, 0.29) is 24.8 Å². The van der Waals surface area contributed by atoms with E-state index in [0.29, 0.717) is 5.89 Å². The summed E-state index contributed by atoms with van der Waals surface area (Å²) >= 11 is 0. The summed E-state index contributed by atoms with van der Waals surface area (Å²) < 4.78 is 5.92. The second-order valence-electron chi connectivity index (χ2n) is 6.64. The number of nitrogens with zero attached hydrogens (tertiary/aromatic N) is 3. The van der Waals surface area contributed by atoms with Gasteiger partial charge in [0.15, 0.2) is 0 Å². The lowest BCUT2D eigenvalue weighted by atomic mass is 10.1. The minimum Gasteiger partial charge on any atom is -0.441 e. The molecule has 1 aromatic carbocycles. The highest BCUT2D eigenvalue weighted by Gasteiger charge is 2.15. The highest BCUT2D eigenvalue weighted by molar-refractivity contribution is 5.85. The molecule has 27 heavy (non-hydrogen) atoms. The molecular formula is C21H25Cl2N3O. The summed E-state index contributed by atoms with van der Waals surface area (Å²) in [6.07, 6.45) is 7.28. The fraction of sp³-hybridized carbons (Fsp3) is 0.333. The maximum absolute atomic E-state index is 5.92. The van der Waals surface area contributed by atoms with E-state index in [9.17, 15) is 0 Å². The van der Waals surface area contributed by atoms with Gasteiger partial charge in [0, 0.05) is 30.9 Å². The van der Waals surface area contributed by atoms with Crippen LogP contribution in [0.15, 0.2) is 53.2 Å². The molecule has 6 heteroatoms. The van der Waals surface area contributed by atoms with Crippen LogP contribution in [0.4, 0.5) is 0 Å². The Balaban J connectivity index is 0.00000131. The highest BCUT2D eigenvalue weighted by atomic mass is 35.5. The van der Waals surface area contributed by atoms with E-state index in [1.54, 1.807) is 6.20 Å². The Morgan fingerprint density at radius 1 is 0.963 bits per heavy atom. The van der Waals surface area contributed by atoms with Crippen LogP contribution in [0.2, 0.25) is 0 Å².